The number of para-hydroxylation sites is 1. The lowest BCUT2D eigenvalue weighted by molar-refractivity contribution is -0.908. The van der Waals surface area contributed by atoms with Crippen molar-refractivity contribution >= 4 is 28.4 Å². The summed E-state index contributed by atoms with van der Waals surface area (Å²) in [5, 5.41) is 1.22. The second kappa shape index (κ2) is 11.2. The molecule has 3 aromatic rings. The van der Waals surface area contributed by atoms with E-state index >= 15 is 0 Å². The van der Waals surface area contributed by atoms with Crippen molar-refractivity contribution in [3.63, 3.8) is 0 Å². The zero-order valence-corrected chi connectivity index (χ0v) is 20.8. The normalized spacial score (nSPS) is 14.5. The molecule has 0 atom stereocenters. The van der Waals surface area contributed by atoms with E-state index in [1.165, 1.54) is 16.7 Å². The highest BCUT2D eigenvalue weighted by Gasteiger charge is 2.19. The van der Waals surface area contributed by atoms with Crippen LogP contribution in [-0.4, -0.2) is 58.5 Å². The van der Waals surface area contributed by atoms with Crippen LogP contribution >= 0.6 is 11.8 Å². The number of quaternary nitrogens is 1. The molecule has 0 aliphatic carbocycles. The van der Waals surface area contributed by atoms with E-state index in [0.29, 0.717) is 29.1 Å². The standard InChI is InChI=1S/C26H32N4O3S/c1-4-10-29-19(2)17-22(20(29)3)24(31)18-34-26-27-23-9-6-5-8-21(23)25(32)30(26)12-7-11-28-13-15-33-16-14-28/h4-6,8-9,17H,1,7,10-16,18H2,2-3H3/p+1. The number of allylic oxidation sites excluding steroid dienone is 1. The molecule has 1 fully saturated rings. The van der Waals surface area contributed by atoms with Crippen LogP contribution < -0.4 is 10.5 Å². The molecule has 0 radical (unpaired) electrons. The number of hydrogen-bond donors (Lipinski definition) is 1. The Morgan fingerprint density at radius 1 is 1.24 bits per heavy atom. The number of Topliss-reactive ketones (excluding diaryl/α,β-unsaturated/α-hetero) is 1. The minimum atomic E-state index is -0.0401. The van der Waals surface area contributed by atoms with E-state index in [2.05, 4.69) is 11.1 Å². The van der Waals surface area contributed by atoms with Gasteiger partial charge in [-0.05, 0) is 32.0 Å². The molecule has 34 heavy (non-hydrogen) atoms. The first kappa shape index (κ1) is 24.4. The van der Waals surface area contributed by atoms with Gasteiger partial charge in [0.2, 0.25) is 0 Å². The lowest BCUT2D eigenvalue weighted by atomic mass is 10.2. The fourth-order valence-corrected chi connectivity index (χ4v) is 5.46. The molecule has 1 N–H and O–H groups in total. The van der Waals surface area contributed by atoms with Crippen molar-refractivity contribution < 1.29 is 14.4 Å². The zero-order valence-electron chi connectivity index (χ0n) is 20.0. The molecule has 0 spiro atoms. The summed E-state index contributed by atoms with van der Waals surface area (Å²) in [5.74, 6) is 0.276. The third-order valence-electron chi connectivity index (χ3n) is 6.46. The van der Waals surface area contributed by atoms with Crippen LogP contribution in [0.25, 0.3) is 10.9 Å². The summed E-state index contributed by atoms with van der Waals surface area (Å²) in [6.45, 7) is 13.6. The number of thioether (sulfide) groups is 1. The van der Waals surface area contributed by atoms with E-state index in [4.69, 9.17) is 9.72 Å². The van der Waals surface area contributed by atoms with E-state index in [0.717, 1.165) is 56.2 Å². The first-order valence-electron chi connectivity index (χ1n) is 11.8. The number of hydrogen-bond acceptors (Lipinski definition) is 5. The Bertz CT molecular complexity index is 1240. The van der Waals surface area contributed by atoms with Gasteiger partial charge in [-0.3, -0.25) is 14.2 Å². The Balaban J connectivity index is 1.54. The van der Waals surface area contributed by atoms with E-state index < -0.39 is 0 Å². The molecule has 1 saturated heterocycles. The smallest absolute Gasteiger partial charge is 0.262 e. The van der Waals surface area contributed by atoms with Crippen molar-refractivity contribution in [3.8, 4) is 0 Å². The molecule has 7 nitrogen and oxygen atoms in total. The van der Waals surface area contributed by atoms with Crippen LogP contribution in [0.15, 0.2) is 52.9 Å². The number of carbonyl (C=O) groups excluding carboxylic acids is 1. The Labute approximate surface area is 204 Å². The number of aryl methyl sites for hydroxylation is 1. The Kier molecular flexibility index (Phi) is 8.03. The molecule has 0 bridgehead atoms. The van der Waals surface area contributed by atoms with Crippen LogP contribution in [0.2, 0.25) is 0 Å². The summed E-state index contributed by atoms with van der Waals surface area (Å²) in [4.78, 5) is 32.7. The molecule has 0 saturated carbocycles. The van der Waals surface area contributed by atoms with Gasteiger partial charge in [-0.15, -0.1) is 6.58 Å². The maximum atomic E-state index is 13.3. The zero-order chi connectivity index (χ0) is 24.1. The Morgan fingerprint density at radius 2 is 2.00 bits per heavy atom. The number of benzene rings is 1. The molecule has 0 unspecified atom stereocenters. The minimum absolute atomic E-state index is 0.0401. The average Bonchev–Trinajstić information content (AvgIpc) is 3.13. The van der Waals surface area contributed by atoms with E-state index in [-0.39, 0.29) is 17.1 Å². The summed E-state index contributed by atoms with van der Waals surface area (Å²) < 4.78 is 9.28. The molecule has 2 aromatic heterocycles. The molecule has 4 rings (SSSR count). The van der Waals surface area contributed by atoms with Crippen molar-refractivity contribution in [2.45, 2.75) is 38.5 Å². The minimum Gasteiger partial charge on any atom is -0.370 e. The molecule has 1 aliphatic rings. The molecule has 1 aromatic carbocycles. The predicted octanol–water partition coefficient (Wildman–Crippen LogP) is 2.28. The van der Waals surface area contributed by atoms with Gasteiger partial charge in [-0.1, -0.05) is 30.0 Å². The number of carbonyl (C=O) groups is 1. The van der Waals surface area contributed by atoms with Gasteiger partial charge >= 0.3 is 0 Å². The summed E-state index contributed by atoms with van der Waals surface area (Å²) >= 11 is 1.35. The van der Waals surface area contributed by atoms with Gasteiger partial charge in [0, 0.05) is 36.5 Å². The van der Waals surface area contributed by atoms with E-state index in [1.54, 1.807) is 4.57 Å². The third-order valence-corrected chi connectivity index (χ3v) is 7.43. The lowest BCUT2D eigenvalue weighted by Crippen LogP contribution is -3.14. The molecule has 180 valence electrons. The van der Waals surface area contributed by atoms with E-state index in [9.17, 15) is 9.59 Å². The molecular weight excluding hydrogens is 448 g/mol. The van der Waals surface area contributed by atoms with Crippen molar-refractivity contribution in [1.82, 2.24) is 14.1 Å². The van der Waals surface area contributed by atoms with Crippen LogP contribution in [0.1, 0.15) is 28.2 Å². The number of ether oxygens (including phenoxy) is 1. The number of morpholine rings is 1. The fraction of sp³-hybridized carbons (Fsp3) is 0.423. The summed E-state index contributed by atoms with van der Waals surface area (Å²) in [7, 11) is 0. The molecule has 1 aliphatic heterocycles. The third kappa shape index (κ3) is 5.35. The van der Waals surface area contributed by atoms with Crippen molar-refractivity contribution in [1.29, 1.82) is 0 Å². The van der Waals surface area contributed by atoms with Gasteiger partial charge in [0.1, 0.15) is 13.1 Å². The highest BCUT2D eigenvalue weighted by atomic mass is 32.2. The lowest BCUT2D eigenvalue weighted by Gasteiger charge is -2.24. The van der Waals surface area contributed by atoms with Gasteiger partial charge in [0.05, 0.1) is 36.4 Å². The maximum absolute atomic E-state index is 13.3. The Hall–Kier alpha value is -2.68. The fourth-order valence-electron chi connectivity index (χ4n) is 4.55. The first-order valence-corrected chi connectivity index (χ1v) is 12.8. The predicted molar refractivity (Wildman–Crippen MR) is 136 cm³/mol. The van der Waals surface area contributed by atoms with Gasteiger partial charge in [-0.25, -0.2) is 4.98 Å². The topological polar surface area (TPSA) is 70.6 Å². The van der Waals surface area contributed by atoms with E-state index in [1.807, 2.05) is 50.3 Å². The van der Waals surface area contributed by atoms with Crippen molar-refractivity contribution in [2.24, 2.45) is 0 Å². The van der Waals surface area contributed by atoms with Crippen molar-refractivity contribution in [3.05, 3.63) is 70.3 Å². The summed E-state index contributed by atoms with van der Waals surface area (Å²) in [5.41, 5.74) is 3.33. The van der Waals surface area contributed by atoms with Crippen LogP contribution in [-0.2, 0) is 17.8 Å². The Morgan fingerprint density at radius 3 is 2.76 bits per heavy atom. The van der Waals surface area contributed by atoms with Gasteiger partial charge in [0.15, 0.2) is 10.9 Å². The molecule has 0 amide bonds. The summed E-state index contributed by atoms with van der Waals surface area (Å²) in [6.07, 6.45) is 2.71. The van der Waals surface area contributed by atoms with Crippen LogP contribution in [0, 0.1) is 13.8 Å². The number of rotatable bonds is 10. The number of fused-ring (bicyclic) bond motifs is 1. The van der Waals surface area contributed by atoms with Crippen molar-refractivity contribution in [2.75, 3.05) is 38.6 Å². The first-order chi connectivity index (χ1) is 16.5. The van der Waals surface area contributed by atoms with Crippen LogP contribution in [0.5, 0.6) is 0 Å². The number of aromatic nitrogens is 3. The molecule has 3 heterocycles. The quantitative estimate of drug-likeness (QED) is 0.208. The monoisotopic (exact) mass is 481 g/mol. The van der Waals surface area contributed by atoms with Gasteiger partial charge in [-0.2, -0.15) is 0 Å². The number of nitrogens with one attached hydrogen (secondary N) is 1. The van der Waals surface area contributed by atoms with Gasteiger partial charge in [0.25, 0.3) is 5.56 Å². The van der Waals surface area contributed by atoms with Gasteiger partial charge < -0.3 is 14.2 Å². The van der Waals surface area contributed by atoms with Crippen LogP contribution in [0.4, 0.5) is 0 Å². The SMILES string of the molecule is C=CCn1c(C)cc(C(=O)CSc2nc3ccccc3c(=O)n2CCC[NH+]2CCOCC2)c1C. The highest BCUT2D eigenvalue weighted by Crippen LogP contribution is 2.22. The second-order valence-electron chi connectivity index (χ2n) is 8.73. The highest BCUT2D eigenvalue weighted by molar-refractivity contribution is 7.99. The second-order valence-corrected chi connectivity index (χ2v) is 9.67. The molecule has 8 heteroatoms. The maximum Gasteiger partial charge on any atom is 0.262 e. The average molecular weight is 482 g/mol. The van der Waals surface area contributed by atoms with Crippen LogP contribution in [0.3, 0.4) is 0 Å². The largest absolute Gasteiger partial charge is 0.370 e. The molecular formula is C26H33N4O3S+. The number of nitrogens with zero attached hydrogens (tertiary/aromatic N) is 3. The summed E-state index contributed by atoms with van der Waals surface area (Å²) in [6, 6.07) is 9.36. The number of ketones is 1.